The standard InChI is InChI=1S/C17H37OP4S/c1-16(18)23-17(2,3)14-12-10-11-13-15-22(19(4)5,20(6)7)21(8)9/h4-5,10-15H2,1-3,6-9H3/q+1. The number of rotatable bonds is 10. The summed E-state index contributed by atoms with van der Waals surface area (Å²) in [4.78, 5) is 11.3. The van der Waals surface area contributed by atoms with E-state index < -0.39 is 5.93 Å². The summed E-state index contributed by atoms with van der Waals surface area (Å²) < 4.78 is 0.0971. The van der Waals surface area contributed by atoms with Gasteiger partial charge in [0.1, 0.15) is 5.93 Å². The fraction of sp³-hybridized carbons (Fsp3) is 0.824. The highest BCUT2D eigenvalue weighted by Gasteiger charge is 2.29. The topological polar surface area (TPSA) is 17.1 Å². The van der Waals surface area contributed by atoms with Crippen LogP contribution in [0.5, 0.6) is 0 Å². The third-order valence-electron chi connectivity index (χ3n) is 4.14. The Hall–Kier alpha value is 1.22. The summed E-state index contributed by atoms with van der Waals surface area (Å²) in [5, 5.41) is 0.238. The number of carbonyl (C=O) groups is 1. The fourth-order valence-electron chi connectivity index (χ4n) is 3.07. The molecule has 0 aliphatic carbocycles. The second-order valence-corrected chi connectivity index (χ2v) is 30.7. The average molecular weight is 413 g/mol. The van der Waals surface area contributed by atoms with Crippen LogP contribution < -0.4 is 0 Å². The van der Waals surface area contributed by atoms with Crippen molar-refractivity contribution >= 4 is 57.1 Å². The van der Waals surface area contributed by atoms with Gasteiger partial charge in [-0.3, -0.25) is 4.79 Å². The first-order valence-electron chi connectivity index (χ1n) is 8.30. The van der Waals surface area contributed by atoms with Crippen molar-refractivity contribution in [3.63, 3.8) is 0 Å². The minimum atomic E-state index is -0.889. The zero-order valence-electron chi connectivity index (χ0n) is 16.3. The fourth-order valence-corrected chi connectivity index (χ4v) is 32.8. The van der Waals surface area contributed by atoms with Crippen LogP contribution in [0.25, 0.3) is 0 Å². The quantitative estimate of drug-likeness (QED) is 0.271. The lowest BCUT2D eigenvalue weighted by Crippen LogP contribution is -2.16. The maximum atomic E-state index is 11.3. The molecule has 0 N–H and O–H groups in total. The minimum Gasteiger partial charge on any atom is -0.288 e. The van der Waals surface area contributed by atoms with Crippen LogP contribution in [0.15, 0.2) is 0 Å². The highest BCUT2D eigenvalue weighted by Crippen LogP contribution is 2.90. The lowest BCUT2D eigenvalue weighted by molar-refractivity contribution is -0.109. The van der Waals surface area contributed by atoms with Crippen molar-refractivity contribution in [3.8, 4) is 0 Å². The zero-order chi connectivity index (χ0) is 18.3. The van der Waals surface area contributed by atoms with Gasteiger partial charge in [0, 0.05) is 17.8 Å². The predicted octanol–water partition coefficient (Wildman–Crippen LogP) is 7.59. The van der Waals surface area contributed by atoms with Gasteiger partial charge in [0.25, 0.3) is 0 Å². The molecule has 0 saturated heterocycles. The molecule has 0 rings (SSSR count). The Morgan fingerprint density at radius 3 is 2.04 bits per heavy atom. The maximum Gasteiger partial charge on any atom is 0.186 e. The van der Waals surface area contributed by atoms with Gasteiger partial charge >= 0.3 is 0 Å². The monoisotopic (exact) mass is 413 g/mol. The Morgan fingerprint density at radius 1 is 1.13 bits per heavy atom. The van der Waals surface area contributed by atoms with E-state index in [-0.39, 0.29) is 31.5 Å². The van der Waals surface area contributed by atoms with Crippen LogP contribution in [0.4, 0.5) is 0 Å². The molecule has 23 heavy (non-hydrogen) atoms. The Balaban J connectivity index is 4.41. The molecule has 0 aromatic rings. The molecule has 0 fully saturated rings. The average Bonchev–Trinajstić information content (AvgIpc) is 2.34. The Bertz CT molecular complexity index is 507. The molecule has 0 aromatic carbocycles. The van der Waals surface area contributed by atoms with Gasteiger partial charge in [-0.15, -0.1) is 0 Å². The van der Waals surface area contributed by atoms with E-state index in [9.17, 15) is 4.79 Å². The van der Waals surface area contributed by atoms with E-state index in [2.05, 4.69) is 53.1 Å². The van der Waals surface area contributed by atoms with Gasteiger partial charge < -0.3 is 0 Å². The second-order valence-electron chi connectivity index (χ2n) is 7.13. The highest BCUT2D eigenvalue weighted by atomic mass is 32.6. The summed E-state index contributed by atoms with van der Waals surface area (Å²) in [5.74, 6) is -0.889. The number of hydrogen-bond donors (Lipinski definition) is 0. The number of thioether (sulfide) groups is 1. The number of hydrogen-bond acceptors (Lipinski definition) is 2. The van der Waals surface area contributed by atoms with Crippen LogP contribution in [0, 0.1) is 0 Å². The van der Waals surface area contributed by atoms with E-state index in [4.69, 9.17) is 0 Å². The minimum absolute atomic E-state index is 0.0971. The van der Waals surface area contributed by atoms with Crippen molar-refractivity contribution in [1.29, 1.82) is 0 Å². The zero-order valence-corrected chi connectivity index (χ0v) is 20.7. The molecule has 0 aliphatic heterocycles. The lowest BCUT2D eigenvalue weighted by Gasteiger charge is -2.24. The summed E-state index contributed by atoms with van der Waals surface area (Å²) >= 11 is 1.49. The Morgan fingerprint density at radius 2 is 1.65 bits per heavy atom. The molecular weight excluding hydrogens is 376 g/mol. The van der Waals surface area contributed by atoms with Crippen molar-refractivity contribution in [2.45, 2.75) is 57.6 Å². The largest absolute Gasteiger partial charge is 0.288 e. The molecule has 0 radical (unpaired) electrons. The van der Waals surface area contributed by atoms with Crippen LogP contribution in [0.2, 0.25) is 0 Å². The molecule has 1 unspecified atom stereocenters. The van der Waals surface area contributed by atoms with Gasteiger partial charge in [0.05, 0.1) is 20.5 Å². The molecule has 1 atom stereocenters. The van der Waals surface area contributed by atoms with Crippen molar-refractivity contribution in [2.24, 2.45) is 0 Å². The predicted molar refractivity (Wildman–Crippen MR) is 126 cm³/mol. The second kappa shape index (κ2) is 11.0. The molecule has 0 heterocycles. The van der Waals surface area contributed by atoms with Crippen LogP contribution in [0.1, 0.15) is 52.9 Å². The molecule has 6 heteroatoms. The van der Waals surface area contributed by atoms with E-state index in [0.29, 0.717) is 0 Å². The van der Waals surface area contributed by atoms with Crippen molar-refractivity contribution < 1.29 is 4.79 Å². The number of carbonyl (C=O) groups excluding carboxylic acids is 1. The molecule has 0 aliphatic rings. The summed E-state index contributed by atoms with van der Waals surface area (Å²) in [5.41, 5.74) is 0. The van der Waals surface area contributed by atoms with E-state index in [1.54, 1.807) is 6.92 Å². The molecule has 0 bridgehead atoms. The first kappa shape index (κ1) is 24.2. The SMILES string of the molecule is C=P(=C)P(CCCCCCC(C)(C)SC(C)=O)(P(C)C)=[P+](C)C. The molecule has 0 saturated carbocycles. The highest BCUT2D eigenvalue weighted by molar-refractivity contribution is 8.75. The maximum absolute atomic E-state index is 11.3. The third kappa shape index (κ3) is 8.43. The molecule has 136 valence electrons. The van der Waals surface area contributed by atoms with Crippen LogP contribution in [0.3, 0.4) is 0 Å². The van der Waals surface area contributed by atoms with E-state index in [1.165, 1.54) is 43.6 Å². The van der Waals surface area contributed by atoms with Gasteiger partial charge in [-0.05, 0) is 33.8 Å². The molecule has 1 nitrogen and oxygen atoms in total. The van der Waals surface area contributed by atoms with Crippen LogP contribution in [-0.4, -0.2) is 55.3 Å². The molecule has 0 amide bonds. The van der Waals surface area contributed by atoms with Crippen molar-refractivity contribution in [3.05, 3.63) is 0 Å². The van der Waals surface area contributed by atoms with E-state index in [0.717, 1.165) is 6.42 Å². The van der Waals surface area contributed by atoms with Crippen molar-refractivity contribution in [1.82, 2.24) is 0 Å². The van der Waals surface area contributed by atoms with Gasteiger partial charge in [-0.2, -0.15) is 0 Å². The summed E-state index contributed by atoms with van der Waals surface area (Å²) in [6.07, 6.45) is 16.6. The van der Waals surface area contributed by atoms with Gasteiger partial charge in [0.2, 0.25) is 0 Å². The van der Waals surface area contributed by atoms with E-state index >= 15 is 0 Å². The van der Waals surface area contributed by atoms with Crippen molar-refractivity contribution in [2.75, 3.05) is 32.8 Å². The Kier molecular flexibility index (Phi) is 11.6. The lowest BCUT2D eigenvalue weighted by atomic mass is 10.0. The first-order valence-corrected chi connectivity index (χ1v) is 19.4. The summed E-state index contributed by atoms with van der Waals surface area (Å²) in [6.45, 7) is 15.7. The van der Waals surface area contributed by atoms with E-state index in [1.807, 2.05) is 0 Å². The third-order valence-corrected chi connectivity index (χ3v) is 39.2. The number of unbranched alkanes of at least 4 members (excludes halogenated alkanes) is 3. The summed E-state index contributed by atoms with van der Waals surface area (Å²) in [6, 6.07) is 0. The first-order chi connectivity index (χ1) is 10.5. The molecular formula is C17H37OP4S+. The summed E-state index contributed by atoms with van der Waals surface area (Å²) in [7, 11) is 0.246. The smallest absolute Gasteiger partial charge is 0.186 e. The van der Waals surface area contributed by atoms with Gasteiger partial charge in [0.15, 0.2) is 5.12 Å². The normalized spacial score (nSPS) is 14.6. The van der Waals surface area contributed by atoms with Gasteiger partial charge in [-0.25, -0.2) is 0 Å². The Labute approximate surface area is 152 Å². The van der Waals surface area contributed by atoms with Crippen LogP contribution >= 0.6 is 39.4 Å². The molecule has 0 aromatic heterocycles. The van der Waals surface area contributed by atoms with Gasteiger partial charge in [-0.1, -0.05) is 64.3 Å². The van der Waals surface area contributed by atoms with Crippen LogP contribution in [-0.2, 0) is 4.79 Å². The molecule has 0 spiro atoms.